The lowest BCUT2D eigenvalue weighted by atomic mass is 10.1. The third kappa shape index (κ3) is 3.50. The molecule has 1 aromatic carbocycles. The quantitative estimate of drug-likeness (QED) is 0.503. The lowest BCUT2D eigenvalue weighted by Crippen LogP contribution is -2.36. The van der Waals surface area contributed by atoms with Gasteiger partial charge >= 0.3 is 0 Å². The van der Waals surface area contributed by atoms with Crippen LogP contribution in [0.2, 0.25) is 0 Å². The van der Waals surface area contributed by atoms with E-state index in [-0.39, 0.29) is 5.91 Å². The second kappa shape index (κ2) is 6.93. The molecule has 5 heteroatoms. The average molecular weight is 276 g/mol. The van der Waals surface area contributed by atoms with Gasteiger partial charge in [-0.2, -0.15) is 0 Å². The minimum Gasteiger partial charge on any atom is -0.481 e. The van der Waals surface area contributed by atoms with E-state index in [9.17, 15) is 4.79 Å². The smallest absolute Gasteiger partial charge is 0.261 e. The fourth-order valence-corrected chi connectivity index (χ4v) is 2.25. The maximum absolute atomic E-state index is 11.8. The van der Waals surface area contributed by atoms with E-state index < -0.39 is 6.10 Å². The number of oxime groups is 1. The maximum Gasteiger partial charge on any atom is 0.261 e. The van der Waals surface area contributed by atoms with Crippen molar-refractivity contribution < 1.29 is 14.7 Å². The molecule has 1 fully saturated rings. The van der Waals surface area contributed by atoms with E-state index in [1.165, 1.54) is 0 Å². The number of ether oxygens (including phenoxy) is 1. The summed E-state index contributed by atoms with van der Waals surface area (Å²) in [6.07, 6.45) is 2.96. The van der Waals surface area contributed by atoms with Crippen molar-refractivity contribution in [3.63, 3.8) is 0 Å². The molecule has 108 valence electrons. The average Bonchev–Trinajstić information content (AvgIpc) is 2.67. The van der Waals surface area contributed by atoms with Gasteiger partial charge in [-0.05, 0) is 55.5 Å². The lowest BCUT2D eigenvalue weighted by Gasteiger charge is -2.16. The molecule has 1 aromatic rings. The Kier molecular flexibility index (Phi) is 4.98. The molecule has 1 aliphatic rings. The molecule has 0 saturated carbocycles. The summed E-state index contributed by atoms with van der Waals surface area (Å²) in [6, 6.07) is 7.27. The van der Waals surface area contributed by atoms with Gasteiger partial charge in [0.15, 0.2) is 6.10 Å². The van der Waals surface area contributed by atoms with Crippen LogP contribution in [0.25, 0.3) is 0 Å². The van der Waals surface area contributed by atoms with Crippen LogP contribution >= 0.6 is 0 Å². The predicted molar refractivity (Wildman–Crippen MR) is 76.3 cm³/mol. The first kappa shape index (κ1) is 14.4. The van der Waals surface area contributed by atoms with Gasteiger partial charge in [0.25, 0.3) is 5.91 Å². The molecule has 0 aliphatic carbocycles. The van der Waals surface area contributed by atoms with Gasteiger partial charge in [-0.1, -0.05) is 12.1 Å². The number of hydrogen-bond acceptors (Lipinski definition) is 4. The highest BCUT2D eigenvalue weighted by molar-refractivity contribution is 6.00. The van der Waals surface area contributed by atoms with Gasteiger partial charge in [0.05, 0.1) is 5.71 Å². The first-order chi connectivity index (χ1) is 9.74. The van der Waals surface area contributed by atoms with E-state index in [0.29, 0.717) is 17.9 Å². The van der Waals surface area contributed by atoms with Gasteiger partial charge in [-0.25, -0.2) is 0 Å². The predicted octanol–water partition coefficient (Wildman–Crippen LogP) is 2.32. The highest BCUT2D eigenvalue weighted by Crippen LogP contribution is 2.18. The number of nitrogens with zero attached hydrogens (tertiary/aromatic N) is 1. The summed E-state index contributed by atoms with van der Waals surface area (Å²) in [5.41, 5.74) is 1.48. The first-order valence-corrected chi connectivity index (χ1v) is 7.00. The van der Waals surface area contributed by atoms with Crippen molar-refractivity contribution >= 4 is 11.6 Å². The Bertz CT molecular complexity index is 482. The third-order valence-electron chi connectivity index (χ3n) is 3.41. The first-order valence-electron chi connectivity index (χ1n) is 7.00. The van der Waals surface area contributed by atoms with Crippen LogP contribution in [0, 0.1) is 0 Å². The monoisotopic (exact) mass is 276 g/mol. The van der Waals surface area contributed by atoms with Crippen molar-refractivity contribution in [2.24, 2.45) is 5.16 Å². The Balaban J connectivity index is 2.04. The summed E-state index contributed by atoms with van der Waals surface area (Å²) < 4.78 is 5.74. The van der Waals surface area contributed by atoms with Crippen LogP contribution in [0.3, 0.4) is 0 Å². The van der Waals surface area contributed by atoms with Gasteiger partial charge in [0.1, 0.15) is 5.75 Å². The van der Waals surface area contributed by atoms with E-state index in [2.05, 4.69) is 10.5 Å². The molecular formula is C15H20N2O3. The Morgan fingerprint density at radius 1 is 1.40 bits per heavy atom. The summed E-state index contributed by atoms with van der Waals surface area (Å²) in [4.78, 5) is 11.8. The highest BCUT2D eigenvalue weighted by atomic mass is 16.5. The number of carbonyl (C=O) groups excluding carboxylic acids is 1. The van der Waals surface area contributed by atoms with Crippen LogP contribution < -0.4 is 10.1 Å². The summed E-state index contributed by atoms with van der Waals surface area (Å²) in [5, 5.41) is 15.0. The minimum absolute atomic E-state index is 0.0438. The van der Waals surface area contributed by atoms with Gasteiger partial charge in [0.2, 0.25) is 0 Å². The molecule has 1 atom stereocenters. The molecule has 1 aliphatic heterocycles. The molecule has 2 N–H and O–H groups in total. The Morgan fingerprint density at radius 3 is 2.80 bits per heavy atom. The number of hydrogen-bond donors (Lipinski definition) is 2. The van der Waals surface area contributed by atoms with E-state index in [0.717, 1.165) is 31.4 Å². The molecule has 5 nitrogen and oxygen atoms in total. The molecular weight excluding hydrogens is 256 g/mol. The zero-order valence-electron chi connectivity index (χ0n) is 11.6. The molecule has 1 amide bonds. The SMILES string of the molecule is CC/C(=N\O)c1ccc(OC2CCCCNC2=O)cc1. The van der Waals surface area contributed by atoms with Crippen LogP contribution in [0.15, 0.2) is 29.4 Å². The standard InChI is InChI=1S/C15H20N2O3/c1-2-13(17-19)11-6-8-12(9-7-11)20-14-5-3-4-10-16-15(14)18/h6-9,14,19H,2-5,10H2,1H3,(H,16,18)/b17-13+. The van der Waals surface area contributed by atoms with Crippen molar-refractivity contribution in [3.8, 4) is 5.75 Å². The van der Waals surface area contributed by atoms with E-state index in [1.54, 1.807) is 12.1 Å². The van der Waals surface area contributed by atoms with E-state index in [4.69, 9.17) is 9.94 Å². The fraction of sp³-hybridized carbons (Fsp3) is 0.467. The molecule has 0 radical (unpaired) electrons. The Morgan fingerprint density at radius 2 is 2.15 bits per heavy atom. The Hall–Kier alpha value is -2.04. The van der Waals surface area contributed by atoms with Crippen LogP contribution in [-0.4, -0.2) is 29.5 Å². The summed E-state index contributed by atoms with van der Waals surface area (Å²) in [5.74, 6) is 0.613. The van der Waals surface area contributed by atoms with Crippen molar-refractivity contribution in [1.82, 2.24) is 5.32 Å². The highest BCUT2D eigenvalue weighted by Gasteiger charge is 2.22. The van der Waals surface area contributed by atoms with Crippen LogP contribution in [-0.2, 0) is 4.79 Å². The largest absolute Gasteiger partial charge is 0.481 e. The second-order valence-electron chi connectivity index (χ2n) is 4.82. The number of nitrogens with one attached hydrogen (secondary N) is 1. The molecule has 1 saturated heterocycles. The molecule has 0 aromatic heterocycles. The molecule has 1 unspecified atom stereocenters. The minimum atomic E-state index is -0.416. The van der Waals surface area contributed by atoms with Crippen LogP contribution in [0.1, 0.15) is 38.2 Å². The topological polar surface area (TPSA) is 70.9 Å². The van der Waals surface area contributed by atoms with Gasteiger partial charge in [0, 0.05) is 6.54 Å². The van der Waals surface area contributed by atoms with Gasteiger partial charge < -0.3 is 15.3 Å². The van der Waals surface area contributed by atoms with Crippen molar-refractivity contribution in [3.05, 3.63) is 29.8 Å². The number of rotatable bonds is 4. The molecule has 0 spiro atoms. The zero-order valence-corrected chi connectivity index (χ0v) is 11.6. The molecule has 0 bridgehead atoms. The second-order valence-corrected chi connectivity index (χ2v) is 4.82. The number of amides is 1. The normalized spacial score (nSPS) is 20.1. The summed E-state index contributed by atoms with van der Waals surface area (Å²) >= 11 is 0. The van der Waals surface area contributed by atoms with E-state index >= 15 is 0 Å². The van der Waals surface area contributed by atoms with Crippen molar-refractivity contribution in [2.45, 2.75) is 38.7 Å². The van der Waals surface area contributed by atoms with Crippen LogP contribution in [0.4, 0.5) is 0 Å². The maximum atomic E-state index is 11.8. The Labute approximate surface area is 118 Å². The number of carbonyl (C=O) groups is 1. The molecule has 2 rings (SSSR count). The third-order valence-corrected chi connectivity index (χ3v) is 3.41. The molecule has 20 heavy (non-hydrogen) atoms. The fourth-order valence-electron chi connectivity index (χ4n) is 2.25. The van der Waals surface area contributed by atoms with Crippen molar-refractivity contribution in [1.29, 1.82) is 0 Å². The van der Waals surface area contributed by atoms with Crippen molar-refractivity contribution in [2.75, 3.05) is 6.54 Å². The van der Waals surface area contributed by atoms with Crippen LogP contribution in [0.5, 0.6) is 5.75 Å². The van der Waals surface area contributed by atoms with Gasteiger partial charge in [-0.3, -0.25) is 4.79 Å². The zero-order chi connectivity index (χ0) is 14.4. The van der Waals surface area contributed by atoms with Gasteiger partial charge in [-0.15, -0.1) is 0 Å². The number of benzene rings is 1. The summed E-state index contributed by atoms with van der Waals surface area (Å²) in [7, 11) is 0. The summed E-state index contributed by atoms with van der Waals surface area (Å²) in [6.45, 7) is 2.65. The lowest BCUT2D eigenvalue weighted by molar-refractivity contribution is -0.127. The molecule has 1 heterocycles. The van der Waals surface area contributed by atoms with E-state index in [1.807, 2.05) is 19.1 Å².